The van der Waals surface area contributed by atoms with Crippen molar-refractivity contribution < 1.29 is 5.11 Å². The summed E-state index contributed by atoms with van der Waals surface area (Å²) in [5.41, 5.74) is 4.24. The van der Waals surface area contributed by atoms with Crippen molar-refractivity contribution in [3.05, 3.63) is 73.3 Å². The molecule has 0 saturated carbocycles. The van der Waals surface area contributed by atoms with Crippen LogP contribution in [0.1, 0.15) is 0 Å². The molecular weight excluding hydrogens is 284 g/mol. The van der Waals surface area contributed by atoms with Gasteiger partial charge in [-0.1, -0.05) is 24.8 Å². The van der Waals surface area contributed by atoms with E-state index in [4.69, 9.17) is 0 Å². The fraction of sp³-hybridized carbons (Fsp3) is 0. The zero-order valence-electron chi connectivity index (χ0n) is 12.5. The Kier molecular flexibility index (Phi) is 3.05. The van der Waals surface area contributed by atoms with Gasteiger partial charge in [-0.2, -0.15) is 0 Å². The third kappa shape index (κ3) is 2.23. The minimum absolute atomic E-state index is 0.264. The average molecular weight is 300 g/mol. The van der Waals surface area contributed by atoms with Crippen LogP contribution in [0.5, 0.6) is 5.75 Å². The van der Waals surface area contributed by atoms with Gasteiger partial charge in [-0.25, -0.2) is 0 Å². The summed E-state index contributed by atoms with van der Waals surface area (Å²) >= 11 is 0. The van der Waals surface area contributed by atoms with Crippen LogP contribution >= 0.6 is 0 Å². The third-order valence-corrected chi connectivity index (χ3v) is 4.05. The number of hydrogen-bond acceptors (Lipinski definition) is 2. The molecule has 2 N–H and O–H groups in total. The molecule has 1 heterocycles. The van der Waals surface area contributed by atoms with Crippen molar-refractivity contribution >= 4 is 39.4 Å². The van der Waals surface area contributed by atoms with E-state index in [-0.39, 0.29) is 5.75 Å². The first-order valence-electron chi connectivity index (χ1n) is 7.47. The second kappa shape index (κ2) is 5.21. The van der Waals surface area contributed by atoms with Gasteiger partial charge in [0.2, 0.25) is 0 Å². The number of fused-ring (bicyclic) bond motifs is 3. The third-order valence-electron chi connectivity index (χ3n) is 4.05. The molecule has 0 amide bonds. The highest BCUT2D eigenvalue weighted by Crippen LogP contribution is 2.32. The zero-order chi connectivity index (χ0) is 15.8. The van der Waals surface area contributed by atoms with Gasteiger partial charge in [-0.3, -0.25) is 0 Å². The molecule has 0 radical (unpaired) electrons. The van der Waals surface area contributed by atoms with Crippen molar-refractivity contribution in [3.63, 3.8) is 0 Å². The van der Waals surface area contributed by atoms with Crippen LogP contribution in [-0.2, 0) is 0 Å². The van der Waals surface area contributed by atoms with E-state index in [2.05, 4.69) is 46.8 Å². The summed E-state index contributed by atoms with van der Waals surface area (Å²) in [5.74, 6) is 0.264. The minimum atomic E-state index is 0.264. The molecule has 3 aromatic carbocycles. The van der Waals surface area contributed by atoms with Crippen molar-refractivity contribution in [3.8, 4) is 5.75 Å². The van der Waals surface area contributed by atoms with Crippen LogP contribution in [0.4, 0.5) is 11.4 Å². The fourth-order valence-corrected chi connectivity index (χ4v) is 2.99. The first-order valence-corrected chi connectivity index (χ1v) is 7.47. The fourth-order valence-electron chi connectivity index (χ4n) is 2.99. The number of benzene rings is 3. The maximum absolute atomic E-state index is 9.37. The van der Waals surface area contributed by atoms with Gasteiger partial charge < -0.3 is 15.0 Å². The van der Waals surface area contributed by atoms with Crippen LogP contribution in [0, 0.1) is 0 Å². The minimum Gasteiger partial charge on any atom is -0.508 e. The van der Waals surface area contributed by atoms with Crippen molar-refractivity contribution in [2.75, 3.05) is 5.32 Å². The van der Waals surface area contributed by atoms with Gasteiger partial charge in [0.1, 0.15) is 5.75 Å². The number of anilines is 2. The number of aromatic hydroxyl groups is 1. The van der Waals surface area contributed by atoms with Gasteiger partial charge >= 0.3 is 0 Å². The van der Waals surface area contributed by atoms with Gasteiger partial charge in [-0.15, -0.1) is 0 Å². The number of phenols is 1. The molecule has 4 aromatic rings. The topological polar surface area (TPSA) is 37.2 Å². The SMILES string of the molecule is C=Cn1c2ccccc2c2cc(Nc3ccc(O)cc3)ccc21. The quantitative estimate of drug-likeness (QED) is 0.501. The summed E-state index contributed by atoms with van der Waals surface area (Å²) in [6.07, 6.45) is 1.84. The maximum Gasteiger partial charge on any atom is 0.115 e. The van der Waals surface area contributed by atoms with Gasteiger partial charge in [0.25, 0.3) is 0 Å². The molecule has 0 spiro atoms. The van der Waals surface area contributed by atoms with E-state index in [0.29, 0.717) is 0 Å². The summed E-state index contributed by atoms with van der Waals surface area (Å²) in [7, 11) is 0. The summed E-state index contributed by atoms with van der Waals surface area (Å²) < 4.78 is 2.11. The lowest BCUT2D eigenvalue weighted by Crippen LogP contribution is -1.90. The summed E-state index contributed by atoms with van der Waals surface area (Å²) in [5, 5.41) is 15.1. The Morgan fingerprint density at radius 2 is 1.52 bits per heavy atom. The molecule has 0 atom stereocenters. The predicted octanol–water partition coefficient (Wildman–Crippen LogP) is 5.34. The lowest BCUT2D eigenvalue weighted by atomic mass is 10.1. The molecule has 0 aliphatic heterocycles. The molecule has 1 aromatic heterocycles. The molecule has 3 heteroatoms. The lowest BCUT2D eigenvalue weighted by Gasteiger charge is -2.07. The van der Waals surface area contributed by atoms with E-state index >= 15 is 0 Å². The normalized spacial score (nSPS) is 11.0. The number of phenolic OH excluding ortho intramolecular Hbond substituents is 1. The smallest absolute Gasteiger partial charge is 0.115 e. The van der Waals surface area contributed by atoms with Crippen LogP contribution < -0.4 is 5.32 Å². The highest BCUT2D eigenvalue weighted by Gasteiger charge is 2.09. The standard InChI is InChI=1S/C20H16N2O/c1-2-22-19-6-4-3-5-17(19)18-13-15(9-12-20(18)22)21-14-7-10-16(23)11-8-14/h2-13,21,23H,1H2. The van der Waals surface area contributed by atoms with Crippen LogP contribution in [0.2, 0.25) is 0 Å². The Labute approximate surface area is 134 Å². The van der Waals surface area contributed by atoms with Gasteiger partial charge in [0.15, 0.2) is 0 Å². The van der Waals surface area contributed by atoms with Gasteiger partial charge in [0.05, 0.1) is 11.0 Å². The molecule has 0 aliphatic rings. The van der Waals surface area contributed by atoms with E-state index in [1.54, 1.807) is 12.1 Å². The number of rotatable bonds is 3. The summed E-state index contributed by atoms with van der Waals surface area (Å²) in [6.45, 7) is 3.93. The van der Waals surface area contributed by atoms with Crippen LogP contribution in [0.3, 0.4) is 0 Å². The largest absolute Gasteiger partial charge is 0.508 e. The lowest BCUT2D eigenvalue weighted by molar-refractivity contribution is 0.475. The van der Waals surface area contributed by atoms with Crippen LogP contribution in [-0.4, -0.2) is 9.67 Å². The first-order chi connectivity index (χ1) is 11.3. The number of aromatic nitrogens is 1. The molecule has 0 aliphatic carbocycles. The van der Waals surface area contributed by atoms with E-state index in [0.717, 1.165) is 22.4 Å². The Hall–Kier alpha value is -3.20. The van der Waals surface area contributed by atoms with Gasteiger partial charge in [-0.05, 0) is 48.5 Å². The number of hydrogen-bond donors (Lipinski definition) is 2. The van der Waals surface area contributed by atoms with E-state index in [9.17, 15) is 5.11 Å². The molecule has 0 unspecified atom stereocenters. The molecule has 3 nitrogen and oxygen atoms in total. The zero-order valence-corrected chi connectivity index (χ0v) is 12.5. The summed E-state index contributed by atoms with van der Waals surface area (Å²) in [6, 6.07) is 21.7. The van der Waals surface area contributed by atoms with Crippen molar-refractivity contribution in [1.82, 2.24) is 4.57 Å². The van der Waals surface area contributed by atoms with E-state index in [1.807, 2.05) is 30.5 Å². The Morgan fingerprint density at radius 1 is 0.826 bits per heavy atom. The number of nitrogens with one attached hydrogen (secondary N) is 1. The van der Waals surface area contributed by atoms with Crippen LogP contribution in [0.25, 0.3) is 28.0 Å². The molecule has 0 saturated heterocycles. The summed E-state index contributed by atoms with van der Waals surface area (Å²) in [4.78, 5) is 0. The van der Waals surface area contributed by atoms with Gasteiger partial charge in [0, 0.05) is 28.3 Å². The highest BCUT2D eigenvalue weighted by molar-refractivity contribution is 6.10. The number of nitrogens with zero attached hydrogens (tertiary/aromatic N) is 1. The first kappa shape index (κ1) is 13.5. The molecule has 23 heavy (non-hydrogen) atoms. The van der Waals surface area contributed by atoms with Crippen molar-refractivity contribution in [2.45, 2.75) is 0 Å². The van der Waals surface area contributed by atoms with E-state index in [1.165, 1.54) is 10.8 Å². The number of para-hydroxylation sites is 1. The highest BCUT2D eigenvalue weighted by atomic mass is 16.3. The molecular formula is C20H16N2O. The Bertz CT molecular complexity index is 1010. The van der Waals surface area contributed by atoms with Crippen molar-refractivity contribution in [2.24, 2.45) is 0 Å². The average Bonchev–Trinajstić information content (AvgIpc) is 2.90. The molecule has 112 valence electrons. The van der Waals surface area contributed by atoms with Crippen LogP contribution in [0.15, 0.2) is 73.3 Å². The predicted molar refractivity (Wildman–Crippen MR) is 97.2 cm³/mol. The molecule has 0 bridgehead atoms. The Morgan fingerprint density at radius 3 is 2.30 bits per heavy atom. The molecule has 4 rings (SSSR count). The maximum atomic E-state index is 9.37. The van der Waals surface area contributed by atoms with E-state index < -0.39 is 0 Å². The molecule has 0 fully saturated rings. The second-order valence-corrected chi connectivity index (χ2v) is 5.47. The van der Waals surface area contributed by atoms with Crippen molar-refractivity contribution in [1.29, 1.82) is 0 Å². The second-order valence-electron chi connectivity index (χ2n) is 5.47. The Balaban J connectivity index is 1.85. The monoisotopic (exact) mass is 300 g/mol.